The highest BCUT2D eigenvalue weighted by Crippen LogP contribution is 2.33. The fourth-order valence-corrected chi connectivity index (χ4v) is 6.23. The number of nitrogens with one attached hydrogen (secondary N) is 1. The molecule has 8 nitrogen and oxygen atoms in total. The molecule has 0 atom stereocenters. The number of amides is 1. The van der Waals surface area contributed by atoms with Gasteiger partial charge in [0.05, 0.1) is 24.2 Å². The van der Waals surface area contributed by atoms with Crippen LogP contribution in [0.15, 0.2) is 33.8 Å². The molecule has 10 heteroatoms. The van der Waals surface area contributed by atoms with E-state index in [4.69, 9.17) is 4.42 Å². The summed E-state index contributed by atoms with van der Waals surface area (Å²) in [6.45, 7) is 7.40. The van der Waals surface area contributed by atoms with Crippen molar-refractivity contribution in [2.75, 3.05) is 13.1 Å². The molecule has 1 amide bonds. The summed E-state index contributed by atoms with van der Waals surface area (Å²) < 4.78 is 35.4. The predicted molar refractivity (Wildman–Crippen MR) is 123 cm³/mol. The van der Waals surface area contributed by atoms with Crippen LogP contribution in [0, 0.1) is 19.8 Å². The third-order valence-electron chi connectivity index (χ3n) is 6.08. The Hall–Kier alpha value is -2.43. The van der Waals surface area contributed by atoms with Crippen molar-refractivity contribution < 1.29 is 17.6 Å². The highest BCUT2D eigenvalue weighted by Gasteiger charge is 2.28. The molecule has 1 saturated heterocycles. The number of aromatic nitrogens is 2. The maximum atomic E-state index is 13.1. The van der Waals surface area contributed by atoms with E-state index in [9.17, 15) is 13.2 Å². The lowest BCUT2D eigenvalue weighted by Gasteiger charge is -2.30. The Morgan fingerprint density at radius 1 is 1.31 bits per heavy atom. The van der Waals surface area contributed by atoms with E-state index < -0.39 is 10.0 Å². The van der Waals surface area contributed by atoms with Gasteiger partial charge in [-0.25, -0.2) is 18.1 Å². The number of hydrogen-bond donors (Lipinski definition) is 1. The van der Waals surface area contributed by atoms with Gasteiger partial charge >= 0.3 is 0 Å². The number of rotatable bonds is 6. The molecule has 0 aliphatic carbocycles. The van der Waals surface area contributed by atoms with Gasteiger partial charge in [0, 0.05) is 25.8 Å². The summed E-state index contributed by atoms with van der Waals surface area (Å²) in [6, 6.07) is 5.05. The number of carbonyl (C=O) groups is 1. The van der Waals surface area contributed by atoms with Gasteiger partial charge in [0.1, 0.15) is 20.5 Å². The quantitative estimate of drug-likeness (QED) is 0.585. The van der Waals surface area contributed by atoms with Crippen LogP contribution in [-0.2, 0) is 23.6 Å². The summed E-state index contributed by atoms with van der Waals surface area (Å²) in [5.74, 6) is 1.19. The van der Waals surface area contributed by atoms with Crippen LogP contribution in [0.25, 0.3) is 10.7 Å². The SMILES string of the molecule is Cc1nc(-c2cc(S(=O)(=O)NCc3ccco3)c(C)n2C)sc1C(=O)N1CCC(C)CC1. The summed E-state index contributed by atoms with van der Waals surface area (Å²) in [4.78, 5) is 20.4. The average molecular weight is 477 g/mol. The van der Waals surface area contributed by atoms with Crippen molar-refractivity contribution in [1.29, 1.82) is 0 Å². The average Bonchev–Trinajstić information content (AvgIpc) is 3.48. The molecule has 1 N–H and O–H groups in total. The predicted octanol–water partition coefficient (Wildman–Crippen LogP) is 3.71. The molecular formula is C22H28N4O4S2. The zero-order chi connectivity index (χ0) is 23.0. The van der Waals surface area contributed by atoms with Crippen molar-refractivity contribution in [3.05, 3.63) is 46.5 Å². The van der Waals surface area contributed by atoms with Crippen LogP contribution in [0.1, 0.15) is 46.6 Å². The number of thiazole rings is 1. The molecule has 3 aromatic rings. The Labute approximate surface area is 192 Å². The molecule has 32 heavy (non-hydrogen) atoms. The first-order valence-electron chi connectivity index (χ1n) is 10.6. The third kappa shape index (κ3) is 4.39. The lowest BCUT2D eigenvalue weighted by Crippen LogP contribution is -2.37. The summed E-state index contributed by atoms with van der Waals surface area (Å²) in [5, 5.41) is 0.634. The molecule has 0 spiro atoms. The Kier molecular flexibility index (Phi) is 6.28. The second kappa shape index (κ2) is 8.84. The normalized spacial score (nSPS) is 15.4. The molecule has 1 aliphatic heterocycles. The largest absolute Gasteiger partial charge is 0.468 e. The van der Waals surface area contributed by atoms with Crippen LogP contribution in [-0.4, -0.2) is 41.9 Å². The second-order valence-corrected chi connectivity index (χ2v) is 11.1. The zero-order valence-corrected chi connectivity index (χ0v) is 20.3. The van der Waals surface area contributed by atoms with Gasteiger partial charge in [0.15, 0.2) is 0 Å². The Balaban J connectivity index is 1.59. The van der Waals surface area contributed by atoms with Crippen molar-refractivity contribution in [2.24, 2.45) is 13.0 Å². The van der Waals surface area contributed by atoms with E-state index in [1.54, 1.807) is 36.7 Å². The Bertz CT molecular complexity index is 1220. The van der Waals surface area contributed by atoms with Gasteiger partial charge in [-0.05, 0) is 50.8 Å². The standard InChI is InChI=1S/C22H28N4O4S2/c1-14-7-9-26(10-8-14)22(27)20-15(2)24-21(31-20)18-12-19(16(3)25(18)4)32(28,29)23-13-17-6-5-11-30-17/h5-6,11-12,14,23H,7-10,13H2,1-4H3. The number of piperidine rings is 1. The van der Waals surface area contributed by atoms with Crippen molar-refractivity contribution >= 4 is 27.3 Å². The first-order chi connectivity index (χ1) is 15.2. The van der Waals surface area contributed by atoms with Gasteiger partial charge in [0.25, 0.3) is 5.91 Å². The molecule has 172 valence electrons. The van der Waals surface area contributed by atoms with Crippen LogP contribution < -0.4 is 4.72 Å². The molecule has 0 radical (unpaired) electrons. The number of sulfonamides is 1. The summed E-state index contributed by atoms with van der Waals surface area (Å²) in [5.41, 5.74) is 1.94. The van der Waals surface area contributed by atoms with Crippen LogP contribution >= 0.6 is 11.3 Å². The molecule has 1 aliphatic rings. The molecule has 0 bridgehead atoms. The minimum absolute atomic E-state index is 0.0111. The topological polar surface area (TPSA) is 97.4 Å². The van der Waals surface area contributed by atoms with Crippen LogP contribution in [0.3, 0.4) is 0 Å². The maximum absolute atomic E-state index is 13.1. The first kappa shape index (κ1) is 22.8. The van der Waals surface area contributed by atoms with Gasteiger partial charge in [-0.1, -0.05) is 6.92 Å². The van der Waals surface area contributed by atoms with Gasteiger partial charge in [-0.15, -0.1) is 11.3 Å². The highest BCUT2D eigenvalue weighted by atomic mass is 32.2. The van der Waals surface area contributed by atoms with Crippen molar-refractivity contribution in [2.45, 2.75) is 45.1 Å². The zero-order valence-electron chi connectivity index (χ0n) is 18.7. The number of aryl methyl sites for hydroxylation is 1. The lowest BCUT2D eigenvalue weighted by molar-refractivity contribution is 0.0701. The van der Waals surface area contributed by atoms with E-state index in [-0.39, 0.29) is 17.3 Å². The van der Waals surface area contributed by atoms with Crippen molar-refractivity contribution in [1.82, 2.24) is 19.2 Å². The molecule has 0 saturated carbocycles. The fraction of sp³-hybridized carbons (Fsp3) is 0.455. The molecular weight excluding hydrogens is 448 g/mol. The van der Waals surface area contributed by atoms with Crippen LogP contribution in [0.4, 0.5) is 0 Å². The minimum atomic E-state index is -3.75. The molecule has 0 aromatic carbocycles. The number of furan rings is 1. The van der Waals surface area contributed by atoms with E-state index >= 15 is 0 Å². The number of carbonyl (C=O) groups excluding carboxylic acids is 1. The number of likely N-dealkylation sites (tertiary alicyclic amines) is 1. The van der Waals surface area contributed by atoms with Crippen molar-refractivity contribution in [3.63, 3.8) is 0 Å². The smallest absolute Gasteiger partial charge is 0.265 e. The molecule has 1 fully saturated rings. The fourth-order valence-electron chi connectivity index (χ4n) is 3.87. The number of nitrogens with zero attached hydrogens (tertiary/aromatic N) is 3. The van der Waals surface area contributed by atoms with Gasteiger partial charge in [-0.3, -0.25) is 4.79 Å². The van der Waals surface area contributed by atoms with E-state index in [0.717, 1.165) is 25.9 Å². The lowest BCUT2D eigenvalue weighted by atomic mass is 9.99. The number of hydrogen-bond acceptors (Lipinski definition) is 6. The summed E-state index contributed by atoms with van der Waals surface area (Å²) in [7, 11) is -1.94. The van der Waals surface area contributed by atoms with E-state index in [1.165, 1.54) is 17.6 Å². The molecule has 4 heterocycles. The van der Waals surface area contributed by atoms with Gasteiger partial charge < -0.3 is 13.9 Å². The van der Waals surface area contributed by atoms with E-state index in [1.807, 2.05) is 11.8 Å². The second-order valence-electron chi connectivity index (χ2n) is 8.35. The van der Waals surface area contributed by atoms with E-state index in [2.05, 4.69) is 16.6 Å². The Morgan fingerprint density at radius 2 is 2.03 bits per heavy atom. The monoisotopic (exact) mass is 476 g/mol. The third-order valence-corrected chi connectivity index (χ3v) is 8.76. The van der Waals surface area contributed by atoms with Crippen LogP contribution in [0.2, 0.25) is 0 Å². The Morgan fingerprint density at radius 3 is 2.69 bits per heavy atom. The van der Waals surface area contributed by atoms with E-state index in [0.29, 0.717) is 38.6 Å². The molecule has 4 rings (SSSR count). The molecule has 0 unspecified atom stereocenters. The molecule has 3 aromatic heterocycles. The summed E-state index contributed by atoms with van der Waals surface area (Å²) >= 11 is 1.32. The summed E-state index contributed by atoms with van der Waals surface area (Å²) in [6.07, 6.45) is 3.53. The van der Waals surface area contributed by atoms with Crippen LogP contribution in [0.5, 0.6) is 0 Å². The minimum Gasteiger partial charge on any atom is -0.468 e. The highest BCUT2D eigenvalue weighted by molar-refractivity contribution is 7.89. The maximum Gasteiger partial charge on any atom is 0.265 e. The van der Waals surface area contributed by atoms with Crippen molar-refractivity contribution in [3.8, 4) is 10.7 Å². The van der Waals surface area contributed by atoms with Gasteiger partial charge in [0.2, 0.25) is 10.0 Å². The van der Waals surface area contributed by atoms with Gasteiger partial charge in [-0.2, -0.15) is 0 Å². The first-order valence-corrected chi connectivity index (χ1v) is 12.9.